The lowest BCUT2D eigenvalue weighted by molar-refractivity contribution is -0.121. The monoisotopic (exact) mass is 381 g/mol. The van der Waals surface area contributed by atoms with E-state index in [1.165, 1.54) is 0 Å². The number of nitrogens with one attached hydrogen (secondary N) is 2. The smallest absolute Gasteiger partial charge is 0.226 e. The van der Waals surface area contributed by atoms with Crippen LogP contribution in [0.2, 0.25) is 0 Å². The van der Waals surface area contributed by atoms with E-state index in [4.69, 9.17) is 0 Å². The fraction of sp³-hybridized carbons (Fsp3) is 0.750. The number of carbonyl (C=O) groups is 1. The molecular weight excluding hydrogens is 353 g/mol. The second-order valence-electron chi connectivity index (χ2n) is 7.41. The molecule has 0 radical (unpaired) electrons. The molecule has 23 heavy (non-hydrogen) atoms. The number of nitrogens with zero attached hydrogens (tertiary/aromatic N) is 1. The van der Waals surface area contributed by atoms with E-state index in [0.29, 0.717) is 6.42 Å². The largest absolute Gasteiger partial charge is 0.355 e. The highest BCUT2D eigenvalue weighted by molar-refractivity contribution is 7.09. The minimum absolute atomic E-state index is 0. The molecule has 1 aliphatic rings. The molecule has 0 saturated carbocycles. The van der Waals surface area contributed by atoms with Crippen molar-refractivity contribution in [2.24, 2.45) is 5.41 Å². The standard InChI is InChI=1S/C16H27N3OS.2ClH/c1-15(2,3)14-19-12(10-21-14)9-13(20)18-11-16(4)5-7-17-8-6-16;;/h10,17H,5-9,11H2,1-4H3,(H,18,20);2*1H. The molecule has 0 aromatic carbocycles. The van der Waals surface area contributed by atoms with Crippen molar-refractivity contribution in [3.63, 3.8) is 0 Å². The number of hydrogen-bond donors (Lipinski definition) is 2. The van der Waals surface area contributed by atoms with E-state index in [1.807, 2.05) is 5.38 Å². The Morgan fingerprint density at radius 2 is 1.96 bits per heavy atom. The Labute approximate surface area is 156 Å². The van der Waals surface area contributed by atoms with Crippen LogP contribution in [0.25, 0.3) is 0 Å². The number of piperidine rings is 1. The second-order valence-corrected chi connectivity index (χ2v) is 8.27. The van der Waals surface area contributed by atoms with Gasteiger partial charge in [0.05, 0.1) is 17.1 Å². The zero-order valence-corrected chi connectivity index (χ0v) is 16.8. The molecule has 1 amide bonds. The van der Waals surface area contributed by atoms with Crippen LogP contribution < -0.4 is 10.6 Å². The zero-order chi connectivity index (χ0) is 15.5. The van der Waals surface area contributed by atoms with Crippen molar-refractivity contribution in [2.45, 2.75) is 52.4 Å². The van der Waals surface area contributed by atoms with Gasteiger partial charge < -0.3 is 10.6 Å². The highest BCUT2D eigenvalue weighted by atomic mass is 35.5. The molecule has 1 saturated heterocycles. The lowest BCUT2D eigenvalue weighted by Gasteiger charge is -2.34. The number of amides is 1. The first-order chi connectivity index (χ1) is 9.78. The van der Waals surface area contributed by atoms with Crippen LogP contribution in [0.1, 0.15) is 51.2 Å². The molecule has 1 fully saturated rings. The average molecular weight is 382 g/mol. The summed E-state index contributed by atoms with van der Waals surface area (Å²) in [6.45, 7) is 11.6. The summed E-state index contributed by atoms with van der Waals surface area (Å²) < 4.78 is 0. The van der Waals surface area contributed by atoms with Crippen LogP contribution in [0.3, 0.4) is 0 Å². The van der Waals surface area contributed by atoms with Crippen LogP contribution in [-0.2, 0) is 16.6 Å². The van der Waals surface area contributed by atoms with Crippen LogP contribution in [-0.4, -0.2) is 30.5 Å². The van der Waals surface area contributed by atoms with Gasteiger partial charge in [0.15, 0.2) is 0 Å². The topological polar surface area (TPSA) is 54.0 Å². The number of halogens is 2. The maximum atomic E-state index is 12.1. The van der Waals surface area contributed by atoms with E-state index >= 15 is 0 Å². The van der Waals surface area contributed by atoms with E-state index in [9.17, 15) is 4.79 Å². The third-order valence-electron chi connectivity index (χ3n) is 4.06. The van der Waals surface area contributed by atoms with Crippen molar-refractivity contribution < 1.29 is 4.79 Å². The highest BCUT2D eigenvalue weighted by Gasteiger charge is 2.27. The predicted octanol–water partition coefficient (Wildman–Crippen LogP) is 3.33. The quantitative estimate of drug-likeness (QED) is 0.840. The van der Waals surface area contributed by atoms with Gasteiger partial charge in [-0.3, -0.25) is 4.79 Å². The van der Waals surface area contributed by atoms with Gasteiger partial charge in [-0.05, 0) is 31.3 Å². The van der Waals surface area contributed by atoms with Gasteiger partial charge in [0.2, 0.25) is 5.91 Å². The Bertz CT molecular complexity index is 494. The summed E-state index contributed by atoms with van der Waals surface area (Å²) in [4.78, 5) is 16.7. The molecule has 1 aromatic rings. The van der Waals surface area contributed by atoms with Crippen molar-refractivity contribution >= 4 is 42.1 Å². The average Bonchev–Trinajstić information content (AvgIpc) is 2.86. The SMILES string of the molecule is CC1(CNC(=O)Cc2csc(C(C)(C)C)n2)CCNCC1.Cl.Cl. The zero-order valence-electron chi connectivity index (χ0n) is 14.4. The summed E-state index contributed by atoms with van der Waals surface area (Å²) in [5, 5.41) is 9.55. The maximum absolute atomic E-state index is 12.1. The summed E-state index contributed by atoms with van der Waals surface area (Å²) in [6.07, 6.45) is 2.64. The van der Waals surface area contributed by atoms with Gasteiger partial charge in [-0.1, -0.05) is 27.7 Å². The lowest BCUT2D eigenvalue weighted by Crippen LogP contribution is -2.43. The van der Waals surface area contributed by atoms with E-state index in [0.717, 1.165) is 43.2 Å². The van der Waals surface area contributed by atoms with E-state index in [1.54, 1.807) is 11.3 Å². The summed E-state index contributed by atoms with van der Waals surface area (Å²) in [5.41, 5.74) is 1.18. The normalized spacial score (nSPS) is 16.9. The number of aromatic nitrogens is 1. The van der Waals surface area contributed by atoms with Gasteiger partial charge in [-0.2, -0.15) is 0 Å². The number of rotatable bonds is 4. The molecule has 0 aliphatic carbocycles. The van der Waals surface area contributed by atoms with Gasteiger partial charge in [-0.15, -0.1) is 36.2 Å². The van der Waals surface area contributed by atoms with Crippen molar-refractivity contribution in [1.82, 2.24) is 15.6 Å². The van der Waals surface area contributed by atoms with E-state index in [-0.39, 0.29) is 41.6 Å². The predicted molar refractivity (Wildman–Crippen MR) is 102 cm³/mol. The van der Waals surface area contributed by atoms with Gasteiger partial charge >= 0.3 is 0 Å². The molecule has 7 heteroatoms. The van der Waals surface area contributed by atoms with Crippen molar-refractivity contribution in [2.75, 3.05) is 19.6 Å². The molecule has 1 aromatic heterocycles. The molecule has 0 unspecified atom stereocenters. The van der Waals surface area contributed by atoms with Crippen LogP contribution >= 0.6 is 36.2 Å². The van der Waals surface area contributed by atoms with Crippen LogP contribution in [0.15, 0.2) is 5.38 Å². The number of thiazole rings is 1. The Morgan fingerprint density at radius 1 is 1.35 bits per heavy atom. The molecule has 2 heterocycles. The van der Waals surface area contributed by atoms with Gasteiger partial charge in [0, 0.05) is 17.3 Å². The second kappa shape index (κ2) is 9.21. The minimum atomic E-state index is 0. The molecule has 2 rings (SSSR count). The Hall–Kier alpha value is -0.360. The van der Waals surface area contributed by atoms with Crippen LogP contribution in [0, 0.1) is 5.41 Å². The molecule has 2 N–H and O–H groups in total. The van der Waals surface area contributed by atoms with Gasteiger partial charge in [0.1, 0.15) is 0 Å². The lowest BCUT2D eigenvalue weighted by atomic mass is 9.81. The fourth-order valence-corrected chi connectivity index (χ4v) is 3.39. The summed E-state index contributed by atoms with van der Waals surface area (Å²) >= 11 is 1.64. The van der Waals surface area contributed by atoms with Gasteiger partial charge in [-0.25, -0.2) is 4.98 Å². The summed E-state index contributed by atoms with van der Waals surface area (Å²) in [5.74, 6) is 0.0838. The van der Waals surface area contributed by atoms with E-state index < -0.39 is 0 Å². The van der Waals surface area contributed by atoms with Crippen molar-refractivity contribution in [1.29, 1.82) is 0 Å². The van der Waals surface area contributed by atoms with E-state index in [2.05, 4.69) is 43.3 Å². The first kappa shape index (κ1) is 22.6. The van der Waals surface area contributed by atoms with Crippen molar-refractivity contribution in [3.8, 4) is 0 Å². The van der Waals surface area contributed by atoms with Crippen LogP contribution in [0.5, 0.6) is 0 Å². The maximum Gasteiger partial charge on any atom is 0.226 e. The number of hydrogen-bond acceptors (Lipinski definition) is 4. The Morgan fingerprint density at radius 3 is 2.48 bits per heavy atom. The first-order valence-electron chi connectivity index (χ1n) is 7.71. The molecule has 0 spiro atoms. The summed E-state index contributed by atoms with van der Waals surface area (Å²) in [7, 11) is 0. The molecule has 134 valence electrons. The summed E-state index contributed by atoms with van der Waals surface area (Å²) in [6, 6.07) is 0. The molecule has 0 bridgehead atoms. The van der Waals surface area contributed by atoms with Crippen LogP contribution in [0.4, 0.5) is 0 Å². The molecule has 1 aliphatic heterocycles. The third-order valence-corrected chi connectivity index (χ3v) is 5.37. The van der Waals surface area contributed by atoms with Gasteiger partial charge in [0.25, 0.3) is 0 Å². The molecular formula is C16H29Cl2N3OS. The fourth-order valence-electron chi connectivity index (χ4n) is 2.48. The molecule has 0 atom stereocenters. The van der Waals surface area contributed by atoms with Crippen molar-refractivity contribution in [3.05, 3.63) is 16.1 Å². The first-order valence-corrected chi connectivity index (χ1v) is 8.59. The minimum Gasteiger partial charge on any atom is -0.355 e. The Balaban J connectivity index is 0.00000242. The third kappa shape index (κ3) is 6.96. The Kier molecular flexibility index (Phi) is 9.06. The number of carbonyl (C=O) groups excluding carboxylic acids is 1. The molecule has 4 nitrogen and oxygen atoms in total. The highest BCUT2D eigenvalue weighted by Crippen LogP contribution is 2.27.